The van der Waals surface area contributed by atoms with Gasteiger partial charge in [-0.25, -0.2) is 0 Å². The topological polar surface area (TPSA) is 172 Å². The van der Waals surface area contributed by atoms with E-state index in [-0.39, 0.29) is 49.0 Å². The first-order valence-corrected chi connectivity index (χ1v) is 17.7. The standard InChI is InChI=1S/C35H37N5O10S/c41-29-5-4-26(33(42)37-29)40-34(43)24-2-1-3-27(31(24)35(40)44)47-17-15-45-13-14-46-16-18-48-30-20-23(50-38-30)21-39-11-7-22(8-12-39)49-28-6-10-36-25-9-19-51-32(25)28/h1-3,6,9-10,19-20,22,26H,4-5,7-8,11-18,21H2,(H,37,41,42). The molecule has 2 saturated heterocycles. The fourth-order valence-corrected chi connectivity index (χ4v) is 7.11. The van der Waals surface area contributed by atoms with E-state index in [1.165, 1.54) is 6.07 Å². The van der Waals surface area contributed by atoms with Crippen LogP contribution in [0.15, 0.2) is 52.5 Å². The number of amides is 4. The number of imide groups is 2. The Morgan fingerprint density at radius 2 is 1.67 bits per heavy atom. The average molecular weight is 720 g/mol. The third-order valence-electron chi connectivity index (χ3n) is 8.82. The van der Waals surface area contributed by atoms with Gasteiger partial charge in [0.25, 0.3) is 17.7 Å². The molecule has 2 fully saturated rings. The number of fused-ring (bicyclic) bond motifs is 2. The Labute approximate surface area is 296 Å². The summed E-state index contributed by atoms with van der Waals surface area (Å²) < 4.78 is 35.5. The molecular weight excluding hydrogens is 682 g/mol. The molecule has 1 aromatic carbocycles. The van der Waals surface area contributed by atoms with Gasteiger partial charge in [0.05, 0.1) is 54.3 Å². The van der Waals surface area contributed by atoms with Crippen LogP contribution in [-0.4, -0.2) is 108 Å². The van der Waals surface area contributed by atoms with Crippen molar-refractivity contribution < 1.29 is 47.4 Å². The van der Waals surface area contributed by atoms with Gasteiger partial charge in [-0.2, -0.15) is 0 Å². The summed E-state index contributed by atoms with van der Waals surface area (Å²) in [6.45, 7) is 4.06. The molecule has 0 bridgehead atoms. The van der Waals surface area contributed by atoms with E-state index in [1.807, 2.05) is 17.5 Å². The predicted molar refractivity (Wildman–Crippen MR) is 181 cm³/mol. The summed E-state index contributed by atoms with van der Waals surface area (Å²) in [4.78, 5) is 57.5. The van der Waals surface area contributed by atoms with Gasteiger partial charge in [0.1, 0.15) is 36.9 Å². The van der Waals surface area contributed by atoms with Crippen LogP contribution in [0.3, 0.4) is 0 Å². The second-order valence-corrected chi connectivity index (χ2v) is 13.1. The number of carbonyl (C=O) groups excluding carboxylic acids is 4. The molecule has 0 saturated carbocycles. The van der Waals surface area contributed by atoms with E-state index >= 15 is 0 Å². The van der Waals surface area contributed by atoms with E-state index in [4.69, 9.17) is 28.2 Å². The van der Waals surface area contributed by atoms with Gasteiger partial charge in [-0.15, -0.1) is 11.3 Å². The number of likely N-dealkylation sites (tertiary alicyclic amines) is 1. The molecule has 4 amide bonds. The van der Waals surface area contributed by atoms with Crippen LogP contribution in [0.5, 0.6) is 17.4 Å². The normalized spacial score (nSPS) is 18.4. The molecule has 16 heteroatoms. The highest BCUT2D eigenvalue weighted by molar-refractivity contribution is 7.17. The van der Waals surface area contributed by atoms with Gasteiger partial charge in [0, 0.05) is 31.8 Å². The lowest BCUT2D eigenvalue weighted by Gasteiger charge is -2.31. The molecular formula is C35H37N5O10S. The molecule has 1 unspecified atom stereocenters. The van der Waals surface area contributed by atoms with Gasteiger partial charge < -0.3 is 28.2 Å². The Hall–Kier alpha value is -4.90. The van der Waals surface area contributed by atoms with E-state index in [0.717, 1.165) is 52.6 Å². The molecule has 6 heterocycles. The summed E-state index contributed by atoms with van der Waals surface area (Å²) in [6, 6.07) is 9.42. The van der Waals surface area contributed by atoms with Gasteiger partial charge in [0.15, 0.2) is 5.76 Å². The van der Waals surface area contributed by atoms with Crippen molar-refractivity contribution in [1.82, 2.24) is 25.3 Å². The fraction of sp³-hybridized carbons (Fsp3) is 0.429. The maximum absolute atomic E-state index is 13.2. The third kappa shape index (κ3) is 8.04. The summed E-state index contributed by atoms with van der Waals surface area (Å²) in [5.74, 6) is -0.0262. The highest BCUT2D eigenvalue weighted by atomic mass is 32.1. The van der Waals surface area contributed by atoms with E-state index < -0.39 is 29.7 Å². The number of ether oxygens (including phenoxy) is 5. The smallest absolute Gasteiger partial charge is 0.266 e. The molecule has 3 aliphatic rings. The Morgan fingerprint density at radius 3 is 2.47 bits per heavy atom. The van der Waals surface area contributed by atoms with Crippen molar-refractivity contribution in [1.29, 1.82) is 0 Å². The lowest BCUT2D eigenvalue weighted by atomic mass is 10.0. The number of nitrogens with zero attached hydrogens (tertiary/aromatic N) is 4. The second-order valence-electron chi connectivity index (χ2n) is 12.2. The van der Waals surface area contributed by atoms with Crippen LogP contribution in [0.25, 0.3) is 10.2 Å². The molecule has 3 aliphatic heterocycles. The molecule has 3 aromatic heterocycles. The minimum Gasteiger partial charge on any atom is -0.490 e. The number of thiophene rings is 1. The van der Waals surface area contributed by atoms with Crippen LogP contribution in [0.4, 0.5) is 0 Å². The molecule has 4 aromatic rings. The molecule has 0 radical (unpaired) electrons. The van der Waals surface area contributed by atoms with Crippen molar-refractivity contribution in [2.45, 2.75) is 44.4 Å². The third-order valence-corrected chi connectivity index (χ3v) is 9.74. The van der Waals surface area contributed by atoms with Crippen LogP contribution in [-0.2, 0) is 25.6 Å². The molecule has 268 valence electrons. The van der Waals surface area contributed by atoms with Crippen LogP contribution in [0, 0.1) is 0 Å². The second kappa shape index (κ2) is 16.0. The number of benzene rings is 1. The molecule has 0 spiro atoms. The van der Waals surface area contributed by atoms with E-state index in [9.17, 15) is 19.2 Å². The largest absolute Gasteiger partial charge is 0.490 e. The summed E-state index contributed by atoms with van der Waals surface area (Å²) >= 11 is 1.65. The SMILES string of the molecule is O=C1CCC(N2C(=O)c3cccc(OCCOCCOCCOc4cc(CN5CCC(Oc6ccnc7ccsc67)CC5)on4)c3C2=O)C(=O)N1. The maximum atomic E-state index is 13.2. The summed E-state index contributed by atoms with van der Waals surface area (Å²) in [7, 11) is 0. The van der Waals surface area contributed by atoms with Crippen molar-refractivity contribution in [3.8, 4) is 17.4 Å². The van der Waals surface area contributed by atoms with Crippen molar-refractivity contribution in [2.75, 3.05) is 52.7 Å². The van der Waals surface area contributed by atoms with Gasteiger partial charge in [0.2, 0.25) is 11.8 Å². The molecule has 15 nitrogen and oxygen atoms in total. The molecule has 51 heavy (non-hydrogen) atoms. The average Bonchev–Trinajstić information content (AvgIpc) is 3.86. The van der Waals surface area contributed by atoms with E-state index in [1.54, 1.807) is 35.7 Å². The van der Waals surface area contributed by atoms with Gasteiger partial charge >= 0.3 is 0 Å². The lowest BCUT2D eigenvalue weighted by molar-refractivity contribution is -0.136. The number of rotatable bonds is 16. The van der Waals surface area contributed by atoms with Crippen molar-refractivity contribution in [3.63, 3.8) is 0 Å². The molecule has 1 atom stereocenters. The number of aromatic nitrogens is 2. The number of carbonyl (C=O) groups is 4. The highest BCUT2D eigenvalue weighted by Crippen LogP contribution is 2.34. The number of hydrogen-bond donors (Lipinski definition) is 1. The number of hydrogen-bond acceptors (Lipinski definition) is 14. The lowest BCUT2D eigenvalue weighted by Crippen LogP contribution is -2.54. The first kappa shape index (κ1) is 34.5. The zero-order valence-electron chi connectivity index (χ0n) is 27.7. The maximum Gasteiger partial charge on any atom is 0.266 e. The van der Waals surface area contributed by atoms with Gasteiger partial charge in [-0.05, 0) is 54.1 Å². The van der Waals surface area contributed by atoms with Crippen LogP contribution in [0.2, 0.25) is 0 Å². The predicted octanol–water partition coefficient (Wildman–Crippen LogP) is 3.22. The Balaban J connectivity index is 0.745. The van der Waals surface area contributed by atoms with Gasteiger partial charge in [-0.3, -0.25) is 39.3 Å². The van der Waals surface area contributed by atoms with E-state index in [0.29, 0.717) is 38.9 Å². The summed E-state index contributed by atoms with van der Waals surface area (Å²) in [5.41, 5.74) is 1.22. The van der Waals surface area contributed by atoms with Gasteiger partial charge in [-0.1, -0.05) is 6.07 Å². The monoisotopic (exact) mass is 719 g/mol. The van der Waals surface area contributed by atoms with Crippen LogP contribution in [0.1, 0.15) is 52.2 Å². The van der Waals surface area contributed by atoms with E-state index in [2.05, 4.69) is 20.4 Å². The van der Waals surface area contributed by atoms with Crippen molar-refractivity contribution in [2.24, 2.45) is 0 Å². The Morgan fingerprint density at radius 1 is 0.882 bits per heavy atom. The number of piperidine rings is 2. The zero-order valence-corrected chi connectivity index (χ0v) is 28.6. The fourth-order valence-electron chi connectivity index (χ4n) is 6.31. The number of nitrogens with one attached hydrogen (secondary N) is 1. The zero-order chi connectivity index (χ0) is 35.2. The molecule has 7 rings (SSSR count). The quantitative estimate of drug-likeness (QED) is 0.132. The highest BCUT2D eigenvalue weighted by Gasteiger charge is 2.46. The molecule has 0 aliphatic carbocycles. The van der Waals surface area contributed by atoms with Crippen LogP contribution < -0.4 is 19.5 Å². The molecule has 1 N–H and O–H groups in total. The number of pyridine rings is 1. The first-order chi connectivity index (χ1) is 24.9. The van der Waals surface area contributed by atoms with Crippen molar-refractivity contribution in [3.05, 3.63) is 64.9 Å². The summed E-state index contributed by atoms with van der Waals surface area (Å²) in [5, 5.41) is 8.23. The minimum atomic E-state index is -1.04. The van der Waals surface area contributed by atoms with Crippen molar-refractivity contribution >= 4 is 45.2 Å². The Bertz CT molecular complexity index is 1890. The minimum absolute atomic E-state index is 0.0504. The first-order valence-electron chi connectivity index (χ1n) is 16.9. The Kier molecular flexibility index (Phi) is 10.8. The van der Waals surface area contributed by atoms with Crippen LogP contribution >= 0.6 is 11.3 Å². The summed E-state index contributed by atoms with van der Waals surface area (Å²) in [6.07, 6.45) is 3.94.